The highest BCUT2D eigenvalue weighted by molar-refractivity contribution is 7.07. The molecule has 2 nitrogen and oxygen atoms in total. The molecule has 11 heavy (non-hydrogen) atoms. The average Bonchev–Trinajstić information content (AvgIpc) is 2.32. The fourth-order valence-corrected chi connectivity index (χ4v) is 1.46. The minimum Gasteiger partial charge on any atom is -0.486 e. The molecule has 0 amide bonds. The van der Waals surface area contributed by atoms with Gasteiger partial charge in [0.05, 0.1) is 12.8 Å². The van der Waals surface area contributed by atoms with Crippen molar-refractivity contribution in [3.05, 3.63) is 11.8 Å². The van der Waals surface area contributed by atoms with Gasteiger partial charge in [-0.25, -0.2) is 0 Å². The third-order valence-corrected chi connectivity index (χ3v) is 2.21. The highest BCUT2D eigenvalue weighted by Gasteiger charge is 2.17. The highest BCUT2D eigenvalue weighted by atomic mass is 32.1. The van der Waals surface area contributed by atoms with Gasteiger partial charge in [-0.15, -0.1) is 0 Å². The van der Waals surface area contributed by atoms with Crippen LogP contribution in [-0.4, -0.2) is 11.5 Å². The van der Waals surface area contributed by atoms with E-state index in [0.29, 0.717) is 0 Å². The van der Waals surface area contributed by atoms with Crippen molar-refractivity contribution in [3.8, 4) is 5.06 Å². The van der Waals surface area contributed by atoms with Crippen LogP contribution >= 0.6 is 11.5 Å². The van der Waals surface area contributed by atoms with E-state index in [2.05, 4.69) is 25.1 Å². The molecular weight excluding hydrogens is 158 g/mol. The summed E-state index contributed by atoms with van der Waals surface area (Å²) in [6, 6.07) is 1.99. The van der Waals surface area contributed by atoms with Gasteiger partial charge in [-0.3, -0.25) is 0 Å². The molecule has 0 radical (unpaired) electrons. The molecule has 0 atom stereocenters. The molecule has 3 heteroatoms. The summed E-state index contributed by atoms with van der Waals surface area (Å²) in [5, 5.41) is 0.884. The summed E-state index contributed by atoms with van der Waals surface area (Å²) in [5.41, 5.74) is 1.23. The van der Waals surface area contributed by atoms with Gasteiger partial charge >= 0.3 is 0 Å². The average molecular weight is 171 g/mol. The molecule has 0 unspecified atom stereocenters. The highest BCUT2D eigenvalue weighted by Crippen LogP contribution is 2.27. The Kier molecular flexibility index (Phi) is 2.18. The smallest absolute Gasteiger partial charge is 0.193 e. The SMILES string of the molecule is COc1cc(C(C)(C)C)ns1. The van der Waals surface area contributed by atoms with E-state index in [4.69, 9.17) is 4.74 Å². The molecule has 1 aromatic rings. The zero-order valence-corrected chi connectivity index (χ0v) is 8.16. The zero-order chi connectivity index (χ0) is 8.48. The fraction of sp³-hybridized carbons (Fsp3) is 0.625. The molecule has 0 N–H and O–H groups in total. The number of hydrogen-bond donors (Lipinski definition) is 0. The van der Waals surface area contributed by atoms with Gasteiger partial charge in [0.2, 0.25) is 0 Å². The Morgan fingerprint density at radius 2 is 2.09 bits per heavy atom. The van der Waals surface area contributed by atoms with Gasteiger partial charge in [-0.1, -0.05) is 20.8 Å². The predicted molar refractivity (Wildman–Crippen MR) is 47.4 cm³/mol. The summed E-state index contributed by atoms with van der Waals surface area (Å²) in [4.78, 5) is 0. The van der Waals surface area contributed by atoms with E-state index in [9.17, 15) is 0 Å². The summed E-state index contributed by atoms with van der Waals surface area (Å²) >= 11 is 1.40. The van der Waals surface area contributed by atoms with Crippen LogP contribution in [0.15, 0.2) is 6.07 Å². The van der Waals surface area contributed by atoms with Crippen molar-refractivity contribution in [3.63, 3.8) is 0 Å². The lowest BCUT2D eigenvalue weighted by Crippen LogP contribution is -2.10. The number of hydrogen-bond acceptors (Lipinski definition) is 3. The van der Waals surface area contributed by atoms with Gasteiger partial charge in [0.25, 0.3) is 0 Å². The normalized spacial score (nSPS) is 11.6. The van der Waals surface area contributed by atoms with Crippen molar-refractivity contribution in [2.75, 3.05) is 7.11 Å². The molecule has 0 aliphatic rings. The first-order chi connectivity index (χ1) is 5.04. The number of nitrogens with zero attached hydrogens (tertiary/aromatic N) is 1. The maximum absolute atomic E-state index is 5.05. The number of methoxy groups -OCH3 is 1. The van der Waals surface area contributed by atoms with E-state index >= 15 is 0 Å². The van der Waals surface area contributed by atoms with Crippen LogP contribution in [0.5, 0.6) is 5.06 Å². The summed E-state index contributed by atoms with van der Waals surface area (Å²) < 4.78 is 9.32. The summed E-state index contributed by atoms with van der Waals surface area (Å²) in [5.74, 6) is 0. The topological polar surface area (TPSA) is 22.1 Å². The standard InChI is InChI=1S/C8H13NOS/c1-8(2,3)6-5-7(10-4)11-9-6/h5H,1-4H3. The first-order valence-electron chi connectivity index (χ1n) is 3.55. The molecular formula is C8H13NOS. The number of rotatable bonds is 1. The van der Waals surface area contributed by atoms with Gasteiger partial charge in [-0.2, -0.15) is 4.37 Å². The minimum atomic E-state index is 0.132. The maximum atomic E-state index is 5.05. The number of aromatic nitrogens is 1. The summed E-state index contributed by atoms with van der Waals surface area (Å²) in [6.45, 7) is 6.42. The van der Waals surface area contributed by atoms with Crippen LogP contribution in [0.2, 0.25) is 0 Å². The molecule has 0 bridgehead atoms. The Morgan fingerprint density at radius 3 is 2.36 bits per heavy atom. The second-order valence-electron chi connectivity index (χ2n) is 3.49. The van der Waals surface area contributed by atoms with Crippen LogP contribution < -0.4 is 4.74 Å². The van der Waals surface area contributed by atoms with Gasteiger partial charge in [0, 0.05) is 23.0 Å². The van der Waals surface area contributed by atoms with E-state index in [1.807, 2.05) is 6.07 Å². The molecule has 0 aromatic carbocycles. The molecule has 0 saturated heterocycles. The fourth-order valence-electron chi connectivity index (χ4n) is 0.708. The Labute approximate surface area is 71.4 Å². The second kappa shape index (κ2) is 2.81. The van der Waals surface area contributed by atoms with Crippen LogP contribution in [0.1, 0.15) is 26.5 Å². The lowest BCUT2D eigenvalue weighted by molar-refractivity contribution is 0.426. The third-order valence-electron chi connectivity index (χ3n) is 1.46. The Balaban J connectivity index is 2.89. The van der Waals surface area contributed by atoms with Crippen molar-refractivity contribution < 1.29 is 4.74 Å². The molecule has 0 spiro atoms. The zero-order valence-electron chi connectivity index (χ0n) is 7.34. The predicted octanol–water partition coefficient (Wildman–Crippen LogP) is 2.45. The van der Waals surface area contributed by atoms with Gasteiger partial charge < -0.3 is 4.74 Å². The minimum absolute atomic E-state index is 0.132. The monoisotopic (exact) mass is 171 g/mol. The largest absolute Gasteiger partial charge is 0.486 e. The molecule has 0 aliphatic carbocycles. The molecule has 0 fully saturated rings. The first-order valence-corrected chi connectivity index (χ1v) is 4.32. The van der Waals surface area contributed by atoms with Crippen molar-refractivity contribution in [2.24, 2.45) is 0 Å². The first kappa shape index (κ1) is 8.53. The lowest BCUT2D eigenvalue weighted by atomic mass is 9.93. The van der Waals surface area contributed by atoms with Crippen molar-refractivity contribution >= 4 is 11.5 Å². The number of ether oxygens (including phenoxy) is 1. The molecule has 62 valence electrons. The van der Waals surface area contributed by atoms with Crippen molar-refractivity contribution in [1.82, 2.24) is 4.37 Å². The van der Waals surface area contributed by atoms with Crippen molar-refractivity contribution in [2.45, 2.75) is 26.2 Å². The Morgan fingerprint density at radius 1 is 1.45 bits per heavy atom. The van der Waals surface area contributed by atoms with Crippen LogP contribution in [0.4, 0.5) is 0 Å². The Bertz CT molecular complexity index is 236. The third kappa shape index (κ3) is 1.93. The van der Waals surface area contributed by atoms with E-state index in [-0.39, 0.29) is 5.41 Å². The Hall–Kier alpha value is -0.570. The van der Waals surface area contributed by atoms with E-state index in [1.165, 1.54) is 11.5 Å². The van der Waals surface area contributed by atoms with Crippen molar-refractivity contribution in [1.29, 1.82) is 0 Å². The van der Waals surface area contributed by atoms with E-state index < -0.39 is 0 Å². The molecule has 1 heterocycles. The second-order valence-corrected chi connectivity index (χ2v) is 4.25. The quantitative estimate of drug-likeness (QED) is 0.647. The molecule has 1 aromatic heterocycles. The van der Waals surface area contributed by atoms with E-state index in [1.54, 1.807) is 7.11 Å². The van der Waals surface area contributed by atoms with Gasteiger partial charge in [0.1, 0.15) is 0 Å². The van der Waals surface area contributed by atoms with E-state index in [0.717, 1.165) is 10.8 Å². The van der Waals surface area contributed by atoms with Crippen LogP contribution in [-0.2, 0) is 5.41 Å². The molecule has 0 saturated carbocycles. The summed E-state index contributed by atoms with van der Waals surface area (Å²) in [6.07, 6.45) is 0. The van der Waals surface area contributed by atoms with Crippen LogP contribution in [0, 0.1) is 0 Å². The van der Waals surface area contributed by atoms with Gasteiger partial charge in [-0.05, 0) is 0 Å². The van der Waals surface area contributed by atoms with Gasteiger partial charge in [0.15, 0.2) is 5.06 Å². The van der Waals surface area contributed by atoms with Crippen LogP contribution in [0.3, 0.4) is 0 Å². The maximum Gasteiger partial charge on any atom is 0.193 e. The van der Waals surface area contributed by atoms with Crippen LogP contribution in [0.25, 0.3) is 0 Å². The summed E-state index contributed by atoms with van der Waals surface area (Å²) in [7, 11) is 1.67. The molecule has 0 aliphatic heterocycles. The lowest BCUT2D eigenvalue weighted by Gasteiger charge is -2.13. The molecule has 1 rings (SSSR count).